The number of hydrogen-bond acceptors (Lipinski definition) is 7. The van der Waals surface area contributed by atoms with Gasteiger partial charge in [0, 0.05) is 36.7 Å². The minimum absolute atomic E-state index is 0.0240. The fourth-order valence-corrected chi connectivity index (χ4v) is 6.44. The van der Waals surface area contributed by atoms with Gasteiger partial charge in [-0.25, -0.2) is 0 Å². The molecule has 2 fully saturated rings. The maximum Gasteiger partial charge on any atom is 0.264 e. The summed E-state index contributed by atoms with van der Waals surface area (Å²) in [4.78, 5) is 42.8. The highest BCUT2D eigenvalue weighted by atomic mass is 16.5. The van der Waals surface area contributed by atoms with Crippen molar-refractivity contribution in [2.75, 3.05) is 43.6 Å². The molecule has 43 heavy (non-hydrogen) atoms. The summed E-state index contributed by atoms with van der Waals surface area (Å²) in [6, 6.07) is 12.5. The van der Waals surface area contributed by atoms with Crippen LogP contribution in [0.25, 0.3) is 0 Å². The molecule has 4 atom stereocenters. The van der Waals surface area contributed by atoms with Gasteiger partial charge in [0.15, 0.2) is 5.60 Å². The second-order valence-electron chi connectivity index (χ2n) is 11.8. The minimum atomic E-state index is -1.87. The number of carbonyl (C=O) groups is 3. The van der Waals surface area contributed by atoms with E-state index >= 15 is 0 Å². The third-order valence-corrected chi connectivity index (χ3v) is 8.96. The Hall–Kier alpha value is -3.73. The first-order valence-electron chi connectivity index (χ1n) is 15.2. The number of nitrogens with zero attached hydrogens (tertiary/aromatic N) is 2. The summed E-state index contributed by atoms with van der Waals surface area (Å²) >= 11 is 0. The SMILES string of the molecule is COc1ccc2c(c1)[C@@](O)([C@H](C)/C=C/CC(=O)N1CCC[C@H]1CO)C(=O)N2Cc1cccc(NC(=O)C2CCCNC2)c1. The normalized spacial score (nSPS) is 24.3. The van der Waals surface area contributed by atoms with Crippen molar-refractivity contribution >= 4 is 29.1 Å². The average Bonchev–Trinajstić information content (AvgIpc) is 3.59. The van der Waals surface area contributed by atoms with Crippen LogP contribution in [0.15, 0.2) is 54.6 Å². The van der Waals surface area contributed by atoms with Crippen molar-refractivity contribution in [2.24, 2.45) is 11.8 Å². The number of likely N-dealkylation sites (tertiary alicyclic amines) is 1. The molecule has 2 saturated heterocycles. The molecule has 2 aromatic carbocycles. The summed E-state index contributed by atoms with van der Waals surface area (Å²) in [5.41, 5.74) is 0.610. The molecule has 3 aliphatic rings. The van der Waals surface area contributed by atoms with Crippen molar-refractivity contribution in [3.05, 3.63) is 65.7 Å². The van der Waals surface area contributed by atoms with Crippen molar-refractivity contribution in [3.63, 3.8) is 0 Å². The lowest BCUT2D eigenvalue weighted by molar-refractivity contribution is -0.139. The van der Waals surface area contributed by atoms with E-state index in [1.165, 1.54) is 7.11 Å². The Morgan fingerprint density at radius 2 is 2.05 bits per heavy atom. The Bertz CT molecular complexity index is 1370. The van der Waals surface area contributed by atoms with E-state index in [1.807, 2.05) is 24.3 Å². The Kier molecular flexibility index (Phi) is 9.49. The van der Waals surface area contributed by atoms with E-state index in [-0.39, 0.29) is 43.3 Å². The molecule has 1 unspecified atom stereocenters. The summed E-state index contributed by atoms with van der Waals surface area (Å²) in [5.74, 6) is -0.786. The highest BCUT2D eigenvalue weighted by Gasteiger charge is 2.52. The standard InChI is InChI=1S/C33H42N4O6/c1-22(7-3-12-30(39)36-16-6-11-26(36)21-38)33(42)28-18-27(43-2)13-14-29(28)37(32(33)41)20-23-8-4-10-25(17-23)35-31(40)24-9-5-15-34-19-24/h3-4,7-8,10,13-14,17-18,22,24,26,34,38,42H,5-6,9,11-12,15-16,19-21H2,1-2H3,(H,35,40)/b7-3+/t22-,24?,26+,33+/m1/s1. The van der Waals surface area contributed by atoms with Crippen LogP contribution in [-0.4, -0.2) is 72.2 Å². The topological polar surface area (TPSA) is 131 Å². The maximum absolute atomic E-state index is 14.0. The second-order valence-corrected chi connectivity index (χ2v) is 11.8. The van der Waals surface area contributed by atoms with Crippen molar-refractivity contribution < 1.29 is 29.3 Å². The van der Waals surface area contributed by atoms with Crippen LogP contribution >= 0.6 is 0 Å². The van der Waals surface area contributed by atoms with E-state index in [0.717, 1.165) is 37.8 Å². The fraction of sp³-hybridized carbons (Fsp3) is 0.485. The number of methoxy groups -OCH3 is 1. The van der Waals surface area contributed by atoms with Crippen molar-refractivity contribution in [3.8, 4) is 5.75 Å². The highest BCUT2D eigenvalue weighted by molar-refractivity contribution is 6.07. The van der Waals surface area contributed by atoms with Gasteiger partial charge in [-0.2, -0.15) is 0 Å². The Balaban J connectivity index is 1.34. The molecule has 5 rings (SSSR count). The van der Waals surface area contributed by atoms with Crippen LogP contribution in [0.2, 0.25) is 0 Å². The van der Waals surface area contributed by atoms with Crippen molar-refractivity contribution in [1.29, 1.82) is 0 Å². The molecule has 0 radical (unpaired) electrons. The van der Waals surface area contributed by atoms with Gasteiger partial charge in [0.05, 0.1) is 37.9 Å². The van der Waals surface area contributed by atoms with Gasteiger partial charge in [0.25, 0.3) is 5.91 Å². The number of rotatable bonds is 10. The largest absolute Gasteiger partial charge is 0.497 e. The van der Waals surface area contributed by atoms with Gasteiger partial charge in [-0.05, 0) is 68.1 Å². The number of benzene rings is 2. The minimum Gasteiger partial charge on any atom is -0.497 e. The monoisotopic (exact) mass is 590 g/mol. The maximum atomic E-state index is 14.0. The molecule has 0 saturated carbocycles. The van der Waals surface area contributed by atoms with Crippen molar-refractivity contribution in [1.82, 2.24) is 10.2 Å². The lowest BCUT2D eigenvalue weighted by Gasteiger charge is -2.28. The summed E-state index contributed by atoms with van der Waals surface area (Å²) in [6.45, 7) is 4.12. The number of amides is 3. The van der Waals surface area contributed by atoms with Crippen molar-refractivity contribution in [2.45, 2.75) is 57.2 Å². The Morgan fingerprint density at radius 3 is 2.79 bits per heavy atom. The number of aliphatic hydroxyl groups is 2. The number of carbonyl (C=O) groups excluding carboxylic acids is 3. The van der Waals surface area contributed by atoms with Gasteiger partial charge in [-0.3, -0.25) is 14.4 Å². The van der Waals surface area contributed by atoms with E-state index in [2.05, 4.69) is 10.6 Å². The van der Waals surface area contributed by atoms with E-state index in [9.17, 15) is 24.6 Å². The predicted octanol–water partition coefficient (Wildman–Crippen LogP) is 2.93. The number of nitrogens with one attached hydrogen (secondary N) is 2. The van der Waals surface area contributed by atoms with Gasteiger partial charge in [0.1, 0.15) is 5.75 Å². The molecule has 0 aromatic heterocycles. The highest BCUT2D eigenvalue weighted by Crippen LogP contribution is 2.47. The van der Waals surface area contributed by atoms with E-state index in [1.54, 1.807) is 47.1 Å². The van der Waals surface area contributed by atoms with E-state index < -0.39 is 17.4 Å². The third kappa shape index (κ3) is 6.32. The molecule has 3 aliphatic heterocycles. The summed E-state index contributed by atoms with van der Waals surface area (Å²) in [6.07, 6.45) is 7.00. The summed E-state index contributed by atoms with van der Waals surface area (Å²) in [5, 5.41) is 27.9. The van der Waals surface area contributed by atoms with E-state index in [4.69, 9.17) is 4.74 Å². The van der Waals surface area contributed by atoms with Crippen LogP contribution in [0.3, 0.4) is 0 Å². The van der Waals surface area contributed by atoms with Crippen LogP contribution in [0, 0.1) is 11.8 Å². The molecular weight excluding hydrogens is 548 g/mol. The second kappa shape index (κ2) is 13.3. The zero-order chi connectivity index (χ0) is 30.6. The Labute approximate surface area is 252 Å². The van der Waals surface area contributed by atoms with Crippen LogP contribution < -0.4 is 20.3 Å². The molecule has 0 spiro atoms. The zero-order valence-corrected chi connectivity index (χ0v) is 24.9. The number of aliphatic hydroxyl groups excluding tert-OH is 1. The van der Waals surface area contributed by atoms with Crippen LogP contribution in [0.4, 0.5) is 11.4 Å². The van der Waals surface area contributed by atoms with Crippen LogP contribution in [0.1, 0.15) is 50.2 Å². The third-order valence-electron chi connectivity index (χ3n) is 8.96. The molecule has 3 heterocycles. The number of hydrogen-bond donors (Lipinski definition) is 4. The van der Waals surface area contributed by atoms with Gasteiger partial charge in [-0.1, -0.05) is 31.2 Å². The Morgan fingerprint density at radius 1 is 1.21 bits per heavy atom. The zero-order valence-electron chi connectivity index (χ0n) is 24.9. The number of anilines is 2. The molecule has 3 amide bonds. The molecule has 4 N–H and O–H groups in total. The number of piperidine rings is 1. The predicted molar refractivity (Wildman–Crippen MR) is 163 cm³/mol. The fourth-order valence-electron chi connectivity index (χ4n) is 6.44. The van der Waals surface area contributed by atoms with Gasteiger partial charge < -0.3 is 35.4 Å². The summed E-state index contributed by atoms with van der Waals surface area (Å²) < 4.78 is 5.42. The first kappa shape index (κ1) is 30.7. The number of ether oxygens (including phenoxy) is 1. The van der Waals surface area contributed by atoms with Gasteiger partial charge >= 0.3 is 0 Å². The number of fused-ring (bicyclic) bond motifs is 1. The molecular formula is C33H42N4O6. The lowest BCUT2D eigenvalue weighted by Crippen LogP contribution is -2.44. The molecule has 0 bridgehead atoms. The lowest BCUT2D eigenvalue weighted by atomic mass is 9.83. The van der Waals surface area contributed by atoms with Gasteiger partial charge in [-0.15, -0.1) is 0 Å². The molecule has 0 aliphatic carbocycles. The first-order valence-corrected chi connectivity index (χ1v) is 15.2. The van der Waals surface area contributed by atoms with Crippen LogP contribution in [0.5, 0.6) is 5.75 Å². The molecule has 230 valence electrons. The molecule has 10 nitrogen and oxygen atoms in total. The quantitative estimate of drug-likeness (QED) is 0.313. The molecule has 2 aromatic rings. The first-order chi connectivity index (χ1) is 20.8. The summed E-state index contributed by atoms with van der Waals surface area (Å²) in [7, 11) is 1.53. The average molecular weight is 591 g/mol. The van der Waals surface area contributed by atoms with Crippen LogP contribution in [-0.2, 0) is 26.5 Å². The molecule has 10 heteroatoms. The van der Waals surface area contributed by atoms with E-state index in [0.29, 0.717) is 35.8 Å². The van der Waals surface area contributed by atoms with Gasteiger partial charge in [0.2, 0.25) is 11.8 Å². The smallest absolute Gasteiger partial charge is 0.264 e.